The first-order valence-electron chi connectivity index (χ1n) is 5.12. The maximum Gasteiger partial charge on any atom is 0.312 e. The number of benzene rings is 1. The minimum absolute atomic E-state index is 0.0358. The Morgan fingerprint density at radius 2 is 2.24 bits per heavy atom. The van der Waals surface area contributed by atoms with E-state index in [-0.39, 0.29) is 17.2 Å². The number of carbonyl (C=O) groups excluding carboxylic acids is 1. The van der Waals surface area contributed by atoms with Crippen molar-refractivity contribution >= 4 is 21.7 Å². The summed E-state index contributed by atoms with van der Waals surface area (Å²) in [6.45, 7) is 2.10. The standard InChI is InChI=1S/C10H12N2O4S/c1-2-11-16-17(14,15)8-3-4-9-7(5-8)6-10(13)12-9/h3-5,11H,2,6H2,1H3,(H,12,13). The second kappa shape index (κ2) is 4.44. The molecule has 1 heterocycles. The van der Waals surface area contributed by atoms with Gasteiger partial charge < -0.3 is 5.32 Å². The van der Waals surface area contributed by atoms with Crippen molar-refractivity contribution in [1.82, 2.24) is 5.48 Å². The van der Waals surface area contributed by atoms with E-state index in [4.69, 9.17) is 0 Å². The van der Waals surface area contributed by atoms with Gasteiger partial charge in [-0.3, -0.25) is 4.79 Å². The van der Waals surface area contributed by atoms with E-state index >= 15 is 0 Å². The van der Waals surface area contributed by atoms with Gasteiger partial charge in [0.1, 0.15) is 0 Å². The SMILES string of the molecule is CCNOS(=O)(=O)c1ccc2c(c1)CC(=O)N2. The van der Waals surface area contributed by atoms with Crippen LogP contribution in [0.4, 0.5) is 5.69 Å². The molecule has 0 saturated heterocycles. The number of hydrogen-bond acceptors (Lipinski definition) is 5. The van der Waals surface area contributed by atoms with Gasteiger partial charge in [0.15, 0.2) is 0 Å². The largest absolute Gasteiger partial charge is 0.326 e. The summed E-state index contributed by atoms with van der Waals surface area (Å²) < 4.78 is 27.9. The molecule has 1 aromatic rings. The lowest BCUT2D eigenvalue weighted by atomic mass is 10.2. The zero-order chi connectivity index (χ0) is 12.5. The van der Waals surface area contributed by atoms with E-state index in [1.807, 2.05) is 0 Å². The van der Waals surface area contributed by atoms with E-state index in [1.165, 1.54) is 12.1 Å². The van der Waals surface area contributed by atoms with Crippen molar-refractivity contribution in [2.24, 2.45) is 0 Å². The molecule has 1 amide bonds. The Morgan fingerprint density at radius 3 is 2.94 bits per heavy atom. The van der Waals surface area contributed by atoms with Crippen molar-refractivity contribution < 1.29 is 17.5 Å². The van der Waals surface area contributed by atoms with Gasteiger partial charge in [0.25, 0.3) is 0 Å². The fourth-order valence-electron chi connectivity index (χ4n) is 1.55. The van der Waals surface area contributed by atoms with Crippen LogP contribution in [-0.4, -0.2) is 20.9 Å². The highest BCUT2D eigenvalue weighted by atomic mass is 32.2. The molecule has 7 heteroatoms. The summed E-state index contributed by atoms with van der Waals surface area (Å²) in [7, 11) is -3.81. The van der Waals surface area contributed by atoms with E-state index in [1.54, 1.807) is 13.0 Å². The van der Waals surface area contributed by atoms with Crippen LogP contribution < -0.4 is 10.8 Å². The van der Waals surface area contributed by atoms with Gasteiger partial charge in [-0.15, -0.1) is 0 Å². The molecule has 0 fully saturated rings. The minimum atomic E-state index is -3.81. The average Bonchev–Trinajstić information content (AvgIpc) is 2.65. The minimum Gasteiger partial charge on any atom is -0.326 e. The van der Waals surface area contributed by atoms with Crippen molar-refractivity contribution in [1.29, 1.82) is 0 Å². The quantitative estimate of drug-likeness (QED) is 0.762. The molecule has 0 atom stereocenters. The Bertz CT molecular complexity index is 553. The van der Waals surface area contributed by atoms with Crippen molar-refractivity contribution in [3.05, 3.63) is 23.8 Å². The fraction of sp³-hybridized carbons (Fsp3) is 0.300. The summed E-state index contributed by atoms with van der Waals surface area (Å²) in [6.07, 6.45) is 0.194. The molecule has 0 aromatic heterocycles. The number of hydrogen-bond donors (Lipinski definition) is 2. The van der Waals surface area contributed by atoms with Gasteiger partial charge in [0, 0.05) is 12.2 Å². The molecule has 17 heavy (non-hydrogen) atoms. The molecule has 0 unspecified atom stereocenters. The van der Waals surface area contributed by atoms with E-state index < -0.39 is 10.1 Å². The number of carbonyl (C=O) groups is 1. The highest BCUT2D eigenvalue weighted by Gasteiger charge is 2.22. The van der Waals surface area contributed by atoms with Crippen LogP contribution in [0.2, 0.25) is 0 Å². The van der Waals surface area contributed by atoms with E-state index in [2.05, 4.69) is 15.1 Å². The number of anilines is 1. The van der Waals surface area contributed by atoms with Crippen LogP contribution in [0, 0.1) is 0 Å². The number of hydroxylamine groups is 1. The van der Waals surface area contributed by atoms with Crippen LogP contribution in [0.5, 0.6) is 0 Å². The summed E-state index contributed by atoms with van der Waals surface area (Å²) in [4.78, 5) is 11.2. The summed E-state index contributed by atoms with van der Waals surface area (Å²) in [5.74, 6) is -0.137. The lowest BCUT2D eigenvalue weighted by molar-refractivity contribution is -0.115. The first kappa shape index (κ1) is 12.0. The third-order valence-corrected chi connectivity index (χ3v) is 3.47. The molecule has 2 rings (SSSR count). The third kappa shape index (κ3) is 2.46. The van der Waals surface area contributed by atoms with Gasteiger partial charge in [-0.2, -0.15) is 18.2 Å². The second-order valence-electron chi connectivity index (χ2n) is 3.58. The van der Waals surface area contributed by atoms with Gasteiger partial charge in [-0.05, 0) is 23.8 Å². The summed E-state index contributed by atoms with van der Waals surface area (Å²) >= 11 is 0. The molecule has 0 spiro atoms. The Morgan fingerprint density at radius 1 is 1.47 bits per heavy atom. The zero-order valence-corrected chi connectivity index (χ0v) is 10.0. The van der Waals surface area contributed by atoms with Gasteiger partial charge in [0.2, 0.25) is 5.91 Å². The van der Waals surface area contributed by atoms with Crippen molar-refractivity contribution in [2.45, 2.75) is 18.2 Å². The maximum atomic E-state index is 11.7. The molecule has 0 saturated carbocycles. The van der Waals surface area contributed by atoms with Crippen molar-refractivity contribution in [2.75, 3.05) is 11.9 Å². The monoisotopic (exact) mass is 256 g/mol. The van der Waals surface area contributed by atoms with Crippen LogP contribution in [0.15, 0.2) is 23.1 Å². The molecular weight excluding hydrogens is 244 g/mol. The zero-order valence-electron chi connectivity index (χ0n) is 9.19. The molecule has 92 valence electrons. The molecule has 1 aliphatic heterocycles. The summed E-state index contributed by atoms with van der Waals surface area (Å²) in [5, 5.41) is 2.63. The van der Waals surface area contributed by atoms with Crippen LogP contribution in [0.25, 0.3) is 0 Å². The van der Waals surface area contributed by atoms with Gasteiger partial charge in [0.05, 0.1) is 11.3 Å². The number of nitrogens with one attached hydrogen (secondary N) is 2. The van der Waals surface area contributed by atoms with Crippen LogP contribution >= 0.6 is 0 Å². The highest BCUT2D eigenvalue weighted by Crippen LogP contribution is 2.26. The third-order valence-electron chi connectivity index (χ3n) is 2.30. The van der Waals surface area contributed by atoms with E-state index in [0.717, 1.165) is 0 Å². The second-order valence-corrected chi connectivity index (χ2v) is 5.13. The molecule has 6 nitrogen and oxygen atoms in total. The lowest BCUT2D eigenvalue weighted by Gasteiger charge is -2.06. The van der Waals surface area contributed by atoms with Crippen LogP contribution in [0.3, 0.4) is 0 Å². The Hall–Kier alpha value is -1.44. The van der Waals surface area contributed by atoms with Crippen LogP contribution in [-0.2, 0) is 25.6 Å². The van der Waals surface area contributed by atoms with E-state index in [9.17, 15) is 13.2 Å². The van der Waals surface area contributed by atoms with Crippen molar-refractivity contribution in [3.63, 3.8) is 0 Å². The summed E-state index contributed by atoms with van der Waals surface area (Å²) in [6, 6.07) is 4.40. The predicted octanol–water partition coefficient (Wildman–Crippen LogP) is 0.411. The fourth-order valence-corrected chi connectivity index (χ4v) is 2.44. The molecule has 1 aromatic carbocycles. The van der Waals surface area contributed by atoms with Gasteiger partial charge >= 0.3 is 10.1 Å². The Labute approximate surface area is 99.0 Å². The van der Waals surface area contributed by atoms with Crippen molar-refractivity contribution in [3.8, 4) is 0 Å². The first-order chi connectivity index (χ1) is 8.03. The topological polar surface area (TPSA) is 84.5 Å². The summed E-state index contributed by atoms with van der Waals surface area (Å²) in [5.41, 5.74) is 3.61. The normalized spacial score (nSPS) is 14.5. The maximum absolute atomic E-state index is 11.7. The van der Waals surface area contributed by atoms with Gasteiger partial charge in [-0.25, -0.2) is 0 Å². The molecule has 0 radical (unpaired) electrons. The predicted molar refractivity (Wildman–Crippen MR) is 60.7 cm³/mol. The molecule has 0 bridgehead atoms. The molecule has 1 aliphatic rings. The molecular formula is C10H12N2O4S. The average molecular weight is 256 g/mol. The number of fused-ring (bicyclic) bond motifs is 1. The molecule has 0 aliphatic carbocycles. The van der Waals surface area contributed by atoms with E-state index in [0.29, 0.717) is 17.8 Å². The Balaban J connectivity index is 2.30. The molecule has 2 N–H and O–H groups in total. The number of amides is 1. The lowest BCUT2D eigenvalue weighted by Crippen LogP contribution is -2.19. The Kier molecular flexibility index (Phi) is 3.14. The first-order valence-corrected chi connectivity index (χ1v) is 6.53. The van der Waals surface area contributed by atoms with Crippen LogP contribution in [0.1, 0.15) is 12.5 Å². The number of rotatable bonds is 4. The smallest absolute Gasteiger partial charge is 0.312 e. The highest BCUT2D eigenvalue weighted by molar-refractivity contribution is 7.86. The van der Waals surface area contributed by atoms with Gasteiger partial charge in [-0.1, -0.05) is 6.92 Å².